The Bertz CT molecular complexity index is 659. The molecule has 21 heavy (non-hydrogen) atoms. The van der Waals surface area contributed by atoms with Gasteiger partial charge in [0.15, 0.2) is 0 Å². The molecule has 2 nitrogen and oxygen atoms in total. The van der Waals surface area contributed by atoms with Crippen LogP contribution in [-0.2, 0) is 6.61 Å². The van der Waals surface area contributed by atoms with E-state index in [1.54, 1.807) is 0 Å². The summed E-state index contributed by atoms with van der Waals surface area (Å²) in [6.07, 6.45) is 0. The third-order valence-electron chi connectivity index (χ3n) is 3.17. The zero-order valence-corrected chi connectivity index (χ0v) is 13.4. The van der Waals surface area contributed by atoms with E-state index in [9.17, 15) is 8.78 Å². The maximum Gasteiger partial charge on any atom is 0.146 e. The van der Waals surface area contributed by atoms with E-state index < -0.39 is 11.6 Å². The van der Waals surface area contributed by atoms with Gasteiger partial charge in [0.05, 0.1) is 10.0 Å². The van der Waals surface area contributed by atoms with Crippen molar-refractivity contribution in [1.29, 1.82) is 0 Å². The Balaban J connectivity index is 2.29. The van der Waals surface area contributed by atoms with Gasteiger partial charge in [0.1, 0.15) is 24.0 Å². The Hall–Kier alpha value is -1.46. The van der Waals surface area contributed by atoms with Crippen LogP contribution in [-0.4, -0.2) is 0 Å². The minimum absolute atomic E-state index is 0.110. The zero-order valence-electron chi connectivity index (χ0n) is 11.8. The van der Waals surface area contributed by atoms with Gasteiger partial charge in [-0.1, -0.05) is 12.1 Å². The van der Waals surface area contributed by atoms with Gasteiger partial charge in [-0.3, -0.25) is 0 Å². The van der Waals surface area contributed by atoms with Crippen molar-refractivity contribution in [2.45, 2.75) is 26.5 Å². The lowest BCUT2D eigenvalue weighted by atomic mass is 10.1. The Labute approximate surface area is 131 Å². The largest absolute Gasteiger partial charge is 0.488 e. The predicted molar refractivity (Wildman–Crippen MR) is 82.2 cm³/mol. The molecule has 0 radical (unpaired) electrons. The van der Waals surface area contributed by atoms with Gasteiger partial charge in [0, 0.05) is 11.6 Å². The maximum atomic E-state index is 13.9. The van der Waals surface area contributed by atoms with E-state index in [0.717, 1.165) is 11.1 Å². The summed E-state index contributed by atoms with van der Waals surface area (Å²) in [6.45, 7) is 3.55. The highest BCUT2D eigenvalue weighted by Gasteiger charge is 2.15. The Morgan fingerprint density at radius 2 is 1.95 bits per heavy atom. The van der Waals surface area contributed by atoms with Gasteiger partial charge in [-0.2, -0.15) is 0 Å². The van der Waals surface area contributed by atoms with Crippen molar-refractivity contribution in [1.82, 2.24) is 0 Å². The molecule has 5 heteroatoms. The first-order valence-corrected chi connectivity index (χ1v) is 7.30. The summed E-state index contributed by atoms with van der Waals surface area (Å²) in [5, 5.41) is 0. The van der Waals surface area contributed by atoms with Crippen molar-refractivity contribution in [3.05, 3.63) is 63.1 Å². The predicted octanol–water partition coefficient (Wildman–Crippen LogP) is 4.63. The monoisotopic (exact) mass is 355 g/mol. The first-order valence-electron chi connectivity index (χ1n) is 6.51. The third-order valence-corrected chi connectivity index (χ3v) is 3.78. The fraction of sp³-hybridized carbons (Fsp3) is 0.250. The van der Waals surface area contributed by atoms with Gasteiger partial charge >= 0.3 is 0 Å². The summed E-state index contributed by atoms with van der Waals surface area (Å²) in [4.78, 5) is 0. The average Bonchev–Trinajstić information content (AvgIpc) is 2.43. The molecule has 0 bridgehead atoms. The van der Waals surface area contributed by atoms with Crippen molar-refractivity contribution in [3.63, 3.8) is 0 Å². The topological polar surface area (TPSA) is 35.2 Å². The van der Waals surface area contributed by atoms with E-state index in [1.165, 1.54) is 12.1 Å². The van der Waals surface area contributed by atoms with Crippen LogP contribution in [0.3, 0.4) is 0 Å². The van der Waals surface area contributed by atoms with E-state index in [4.69, 9.17) is 10.5 Å². The summed E-state index contributed by atoms with van der Waals surface area (Å²) in [7, 11) is 0. The number of hydrogen-bond acceptors (Lipinski definition) is 2. The molecule has 0 aliphatic rings. The second-order valence-corrected chi connectivity index (χ2v) is 5.79. The fourth-order valence-corrected chi connectivity index (χ4v) is 2.37. The van der Waals surface area contributed by atoms with Crippen LogP contribution >= 0.6 is 15.9 Å². The van der Waals surface area contributed by atoms with Crippen LogP contribution in [0.25, 0.3) is 0 Å². The van der Waals surface area contributed by atoms with Crippen molar-refractivity contribution in [2.24, 2.45) is 5.73 Å². The van der Waals surface area contributed by atoms with Crippen LogP contribution in [0.2, 0.25) is 0 Å². The number of nitrogens with two attached hydrogens (primary N) is 1. The van der Waals surface area contributed by atoms with E-state index in [0.29, 0.717) is 5.75 Å². The van der Waals surface area contributed by atoms with Crippen molar-refractivity contribution < 1.29 is 13.5 Å². The third kappa shape index (κ3) is 3.60. The lowest BCUT2D eigenvalue weighted by molar-refractivity contribution is 0.288. The van der Waals surface area contributed by atoms with E-state index in [-0.39, 0.29) is 22.7 Å². The number of halogens is 3. The van der Waals surface area contributed by atoms with E-state index >= 15 is 0 Å². The molecular weight excluding hydrogens is 340 g/mol. The average molecular weight is 356 g/mol. The second kappa shape index (κ2) is 6.54. The van der Waals surface area contributed by atoms with Gasteiger partial charge in [-0.05, 0) is 53.5 Å². The molecule has 0 heterocycles. The summed E-state index contributed by atoms with van der Waals surface area (Å²) >= 11 is 3.04. The highest BCUT2D eigenvalue weighted by Crippen LogP contribution is 2.28. The fourth-order valence-electron chi connectivity index (χ4n) is 1.99. The molecule has 0 unspecified atom stereocenters. The van der Waals surface area contributed by atoms with Gasteiger partial charge in [0.2, 0.25) is 0 Å². The molecule has 0 spiro atoms. The minimum atomic E-state index is -0.648. The molecular formula is C16H16BrF2NO. The molecule has 1 atom stereocenters. The van der Waals surface area contributed by atoms with Gasteiger partial charge in [-0.25, -0.2) is 8.78 Å². The smallest absolute Gasteiger partial charge is 0.146 e. The SMILES string of the molecule is Cc1ccc([C@@H](C)N)c(OCc2c(F)ccc(Br)c2F)c1. The zero-order chi connectivity index (χ0) is 15.6. The molecule has 0 amide bonds. The highest BCUT2D eigenvalue weighted by molar-refractivity contribution is 9.10. The van der Waals surface area contributed by atoms with Crippen molar-refractivity contribution >= 4 is 15.9 Å². The lowest BCUT2D eigenvalue weighted by Crippen LogP contribution is -2.09. The molecule has 2 aromatic rings. The molecule has 0 saturated carbocycles. The molecule has 2 N–H and O–H groups in total. The van der Waals surface area contributed by atoms with E-state index in [1.807, 2.05) is 32.0 Å². The first kappa shape index (κ1) is 15.9. The van der Waals surface area contributed by atoms with Crippen LogP contribution in [0.4, 0.5) is 8.78 Å². The molecule has 2 aromatic carbocycles. The van der Waals surface area contributed by atoms with E-state index in [2.05, 4.69) is 15.9 Å². The Morgan fingerprint density at radius 1 is 1.24 bits per heavy atom. The van der Waals surface area contributed by atoms with Crippen molar-refractivity contribution in [3.8, 4) is 5.75 Å². The lowest BCUT2D eigenvalue weighted by Gasteiger charge is -2.15. The van der Waals surface area contributed by atoms with Gasteiger partial charge in [-0.15, -0.1) is 0 Å². The number of hydrogen-bond donors (Lipinski definition) is 1. The van der Waals surface area contributed by atoms with Crippen LogP contribution < -0.4 is 10.5 Å². The highest BCUT2D eigenvalue weighted by atomic mass is 79.9. The Kier molecular flexibility index (Phi) is 4.96. The van der Waals surface area contributed by atoms with Crippen LogP contribution in [0.15, 0.2) is 34.8 Å². The summed E-state index contributed by atoms with van der Waals surface area (Å²) in [5.41, 5.74) is 7.56. The molecule has 0 fully saturated rings. The Morgan fingerprint density at radius 3 is 2.62 bits per heavy atom. The maximum absolute atomic E-state index is 13.9. The van der Waals surface area contributed by atoms with Crippen LogP contribution in [0, 0.1) is 18.6 Å². The quantitative estimate of drug-likeness (QED) is 0.811. The standard InChI is InChI=1S/C16H16BrF2NO/c1-9-3-4-11(10(2)20)15(7-9)21-8-12-14(18)6-5-13(17)16(12)19/h3-7,10H,8,20H2,1-2H3/t10-/m1/s1. The first-order chi connectivity index (χ1) is 9.90. The molecule has 2 rings (SSSR count). The van der Waals surface area contributed by atoms with Crippen LogP contribution in [0.1, 0.15) is 29.7 Å². The number of benzene rings is 2. The molecule has 112 valence electrons. The number of rotatable bonds is 4. The molecule has 0 aliphatic heterocycles. The number of ether oxygens (including phenoxy) is 1. The summed E-state index contributed by atoms with van der Waals surface area (Å²) in [5.74, 6) is -0.737. The second-order valence-electron chi connectivity index (χ2n) is 4.94. The summed E-state index contributed by atoms with van der Waals surface area (Å²) < 4.78 is 33.4. The molecule has 0 saturated heterocycles. The molecule has 0 aromatic heterocycles. The number of aryl methyl sites for hydroxylation is 1. The van der Waals surface area contributed by atoms with Gasteiger partial charge < -0.3 is 10.5 Å². The normalized spacial score (nSPS) is 12.3. The summed E-state index contributed by atoms with van der Waals surface area (Å²) in [6, 6.07) is 7.90. The van der Waals surface area contributed by atoms with Crippen molar-refractivity contribution in [2.75, 3.05) is 0 Å². The minimum Gasteiger partial charge on any atom is -0.488 e. The molecule has 0 aliphatic carbocycles. The van der Waals surface area contributed by atoms with Crippen LogP contribution in [0.5, 0.6) is 5.75 Å². The van der Waals surface area contributed by atoms with Gasteiger partial charge in [0.25, 0.3) is 0 Å².